The first-order valence-corrected chi connectivity index (χ1v) is 3.87. The van der Waals surface area contributed by atoms with Crippen molar-refractivity contribution in [3.05, 3.63) is 28.8 Å². The van der Waals surface area contributed by atoms with Crippen molar-refractivity contribution >= 4 is 0 Å². The third-order valence-electron chi connectivity index (χ3n) is 1.87. The molecule has 0 N–H and O–H groups in total. The van der Waals surface area contributed by atoms with Gasteiger partial charge in [-0.25, -0.2) is 13.2 Å². The van der Waals surface area contributed by atoms with E-state index in [1.54, 1.807) is 6.07 Å². The highest BCUT2D eigenvalue weighted by atomic mass is 19.3. The zero-order valence-electron chi connectivity index (χ0n) is 7.39. The standard InChI is InChI=1S/C9H7F3N2/c1-5-6(10)4-14-7(2-3-13)8(5)9(11)12/h4,9H,2H2,1H3. The Morgan fingerprint density at radius 3 is 2.71 bits per heavy atom. The highest BCUT2D eigenvalue weighted by Crippen LogP contribution is 2.26. The second-order valence-electron chi connectivity index (χ2n) is 2.73. The number of nitriles is 1. The van der Waals surface area contributed by atoms with Crippen molar-refractivity contribution in [2.75, 3.05) is 0 Å². The van der Waals surface area contributed by atoms with Gasteiger partial charge in [0.2, 0.25) is 0 Å². The van der Waals surface area contributed by atoms with E-state index in [0.717, 1.165) is 6.20 Å². The summed E-state index contributed by atoms with van der Waals surface area (Å²) in [7, 11) is 0. The topological polar surface area (TPSA) is 36.7 Å². The number of nitrogens with zero attached hydrogens (tertiary/aromatic N) is 2. The Hall–Kier alpha value is -1.57. The van der Waals surface area contributed by atoms with E-state index >= 15 is 0 Å². The van der Waals surface area contributed by atoms with Gasteiger partial charge in [0.15, 0.2) is 0 Å². The molecule has 0 unspecified atom stereocenters. The molecule has 74 valence electrons. The van der Waals surface area contributed by atoms with E-state index in [2.05, 4.69) is 4.98 Å². The van der Waals surface area contributed by atoms with Crippen molar-refractivity contribution < 1.29 is 13.2 Å². The number of pyridine rings is 1. The third-order valence-corrected chi connectivity index (χ3v) is 1.87. The fraction of sp³-hybridized carbons (Fsp3) is 0.333. The molecular weight excluding hydrogens is 193 g/mol. The molecule has 0 atom stereocenters. The Labute approximate surface area is 79.0 Å². The van der Waals surface area contributed by atoms with Gasteiger partial charge in [0.05, 0.1) is 24.4 Å². The summed E-state index contributed by atoms with van der Waals surface area (Å²) in [5.74, 6) is -0.776. The van der Waals surface area contributed by atoms with Crippen LogP contribution in [0.2, 0.25) is 0 Å². The highest BCUT2D eigenvalue weighted by molar-refractivity contribution is 5.32. The predicted molar refractivity (Wildman–Crippen MR) is 43.2 cm³/mol. The normalized spacial score (nSPS) is 10.3. The van der Waals surface area contributed by atoms with Gasteiger partial charge < -0.3 is 0 Å². The largest absolute Gasteiger partial charge is 0.265 e. The van der Waals surface area contributed by atoms with E-state index in [1.165, 1.54) is 6.92 Å². The molecule has 0 spiro atoms. The summed E-state index contributed by atoms with van der Waals surface area (Å²) >= 11 is 0. The van der Waals surface area contributed by atoms with E-state index in [4.69, 9.17) is 5.26 Å². The molecule has 1 heterocycles. The van der Waals surface area contributed by atoms with Crippen molar-refractivity contribution in [1.82, 2.24) is 4.98 Å². The second-order valence-corrected chi connectivity index (χ2v) is 2.73. The van der Waals surface area contributed by atoms with Gasteiger partial charge in [0, 0.05) is 5.56 Å². The first kappa shape index (κ1) is 10.5. The molecule has 1 aromatic rings. The van der Waals surface area contributed by atoms with Crippen molar-refractivity contribution in [1.29, 1.82) is 5.26 Å². The van der Waals surface area contributed by atoms with Crippen LogP contribution in [-0.2, 0) is 6.42 Å². The van der Waals surface area contributed by atoms with Gasteiger partial charge in [-0.2, -0.15) is 5.26 Å². The van der Waals surface area contributed by atoms with Crippen LogP contribution in [0.3, 0.4) is 0 Å². The minimum absolute atomic E-state index is 0.0543. The summed E-state index contributed by atoms with van der Waals surface area (Å²) in [5, 5.41) is 8.36. The van der Waals surface area contributed by atoms with Gasteiger partial charge in [0.25, 0.3) is 6.43 Å². The van der Waals surface area contributed by atoms with Crippen LogP contribution in [0, 0.1) is 24.1 Å². The van der Waals surface area contributed by atoms with Crippen molar-refractivity contribution in [2.24, 2.45) is 0 Å². The number of alkyl halides is 2. The SMILES string of the molecule is Cc1c(F)cnc(CC#N)c1C(F)F. The Kier molecular flexibility index (Phi) is 3.07. The van der Waals surface area contributed by atoms with Crippen LogP contribution >= 0.6 is 0 Å². The zero-order chi connectivity index (χ0) is 10.7. The lowest BCUT2D eigenvalue weighted by atomic mass is 10.1. The predicted octanol–water partition coefficient (Wildman–Crippen LogP) is 2.53. The lowest BCUT2D eigenvalue weighted by Crippen LogP contribution is -2.03. The molecule has 14 heavy (non-hydrogen) atoms. The third kappa shape index (κ3) is 1.84. The quantitative estimate of drug-likeness (QED) is 0.735. The summed E-state index contributed by atoms with van der Waals surface area (Å²) in [4.78, 5) is 3.47. The summed E-state index contributed by atoms with van der Waals surface area (Å²) in [6, 6.07) is 1.71. The number of aromatic nitrogens is 1. The fourth-order valence-corrected chi connectivity index (χ4v) is 1.15. The second kappa shape index (κ2) is 4.09. The zero-order valence-corrected chi connectivity index (χ0v) is 7.39. The molecule has 0 bridgehead atoms. The van der Waals surface area contributed by atoms with Crippen molar-refractivity contribution in [3.8, 4) is 6.07 Å². The highest BCUT2D eigenvalue weighted by Gasteiger charge is 2.19. The number of halogens is 3. The average Bonchev–Trinajstić information content (AvgIpc) is 2.11. The molecule has 0 aliphatic carbocycles. The monoisotopic (exact) mass is 200 g/mol. The molecule has 1 rings (SSSR count). The average molecular weight is 200 g/mol. The minimum Gasteiger partial charge on any atom is -0.257 e. The van der Waals surface area contributed by atoms with Gasteiger partial charge in [0.1, 0.15) is 5.82 Å². The van der Waals surface area contributed by atoms with Crippen molar-refractivity contribution in [3.63, 3.8) is 0 Å². The Bertz CT molecular complexity index is 382. The Balaban J connectivity index is 3.31. The molecule has 0 aliphatic rings. The first-order valence-electron chi connectivity index (χ1n) is 3.87. The molecule has 2 nitrogen and oxygen atoms in total. The van der Waals surface area contributed by atoms with Crippen LogP contribution in [0.5, 0.6) is 0 Å². The molecule has 5 heteroatoms. The number of hydrogen-bond donors (Lipinski definition) is 0. The molecule has 0 fully saturated rings. The summed E-state index contributed by atoms with van der Waals surface area (Å²) in [6.07, 6.45) is -2.18. The lowest BCUT2D eigenvalue weighted by molar-refractivity contribution is 0.148. The van der Waals surface area contributed by atoms with Gasteiger partial charge in [-0.15, -0.1) is 0 Å². The summed E-state index contributed by atoms with van der Waals surface area (Å²) in [5.41, 5.74) is -0.659. The maximum Gasteiger partial charge on any atom is 0.265 e. The van der Waals surface area contributed by atoms with E-state index in [-0.39, 0.29) is 17.7 Å². The molecular formula is C9H7F3N2. The van der Waals surface area contributed by atoms with Crippen LogP contribution in [-0.4, -0.2) is 4.98 Å². The van der Waals surface area contributed by atoms with Crippen LogP contribution in [0.15, 0.2) is 6.20 Å². The molecule has 0 radical (unpaired) electrons. The molecule has 0 saturated heterocycles. The van der Waals surface area contributed by atoms with Crippen LogP contribution in [0.1, 0.15) is 23.2 Å². The van der Waals surface area contributed by atoms with Crippen LogP contribution < -0.4 is 0 Å². The van der Waals surface area contributed by atoms with Gasteiger partial charge in [-0.1, -0.05) is 0 Å². The number of rotatable bonds is 2. The Morgan fingerprint density at radius 2 is 2.21 bits per heavy atom. The maximum atomic E-state index is 12.9. The van der Waals surface area contributed by atoms with Crippen LogP contribution in [0.4, 0.5) is 13.2 Å². The fourth-order valence-electron chi connectivity index (χ4n) is 1.15. The Morgan fingerprint density at radius 1 is 1.57 bits per heavy atom. The van der Waals surface area contributed by atoms with E-state index in [9.17, 15) is 13.2 Å². The van der Waals surface area contributed by atoms with E-state index in [1.807, 2.05) is 0 Å². The molecule has 0 saturated carbocycles. The molecule has 1 aromatic heterocycles. The summed E-state index contributed by atoms with van der Waals surface area (Å²) in [6.45, 7) is 1.25. The lowest BCUT2D eigenvalue weighted by Gasteiger charge is -2.08. The van der Waals surface area contributed by atoms with Gasteiger partial charge in [-0.3, -0.25) is 4.98 Å². The number of hydrogen-bond acceptors (Lipinski definition) is 2. The molecule has 0 aliphatic heterocycles. The first-order chi connectivity index (χ1) is 6.57. The smallest absolute Gasteiger partial charge is 0.257 e. The van der Waals surface area contributed by atoms with E-state index < -0.39 is 17.8 Å². The minimum atomic E-state index is -2.80. The molecule has 0 amide bonds. The van der Waals surface area contributed by atoms with Gasteiger partial charge >= 0.3 is 0 Å². The van der Waals surface area contributed by atoms with Gasteiger partial charge in [-0.05, 0) is 12.5 Å². The van der Waals surface area contributed by atoms with E-state index in [0.29, 0.717) is 0 Å². The summed E-state index contributed by atoms with van der Waals surface area (Å²) < 4.78 is 37.8. The molecule has 0 aromatic carbocycles. The van der Waals surface area contributed by atoms with Crippen LogP contribution in [0.25, 0.3) is 0 Å². The maximum absolute atomic E-state index is 12.9. The van der Waals surface area contributed by atoms with Crippen molar-refractivity contribution in [2.45, 2.75) is 19.8 Å².